The van der Waals surface area contributed by atoms with Gasteiger partial charge in [0.25, 0.3) is 0 Å². The Morgan fingerprint density at radius 3 is 3.00 bits per heavy atom. The van der Waals surface area contributed by atoms with Crippen molar-refractivity contribution in [1.29, 1.82) is 5.26 Å². The van der Waals surface area contributed by atoms with Crippen molar-refractivity contribution in [2.45, 2.75) is 20.0 Å². The van der Waals surface area contributed by atoms with Gasteiger partial charge in [0.05, 0.1) is 11.6 Å². The normalized spacial score (nSPS) is 9.80. The fourth-order valence-electron chi connectivity index (χ4n) is 1.74. The molecule has 0 aliphatic heterocycles. The number of anilines is 1. The highest BCUT2D eigenvalue weighted by atomic mass is 16.5. The number of nitriles is 1. The van der Waals surface area contributed by atoms with Gasteiger partial charge in [-0.3, -0.25) is 0 Å². The smallest absolute Gasteiger partial charge is 0.126 e. The van der Waals surface area contributed by atoms with E-state index in [1.165, 1.54) is 0 Å². The molecule has 0 aliphatic rings. The van der Waals surface area contributed by atoms with Gasteiger partial charge in [-0.2, -0.15) is 5.26 Å². The molecule has 20 heavy (non-hydrogen) atoms. The van der Waals surface area contributed by atoms with Crippen LogP contribution in [-0.2, 0) is 6.61 Å². The van der Waals surface area contributed by atoms with Gasteiger partial charge in [0, 0.05) is 12.7 Å². The second-order valence-electron chi connectivity index (χ2n) is 4.40. The maximum atomic E-state index is 8.84. The van der Waals surface area contributed by atoms with Crippen molar-refractivity contribution in [3.8, 4) is 11.8 Å². The summed E-state index contributed by atoms with van der Waals surface area (Å²) in [5.74, 6) is 1.56. The molecule has 1 N–H and O–H groups in total. The summed E-state index contributed by atoms with van der Waals surface area (Å²) in [5, 5.41) is 12.1. The third kappa shape index (κ3) is 3.99. The molecule has 0 amide bonds. The second kappa shape index (κ2) is 7.15. The lowest BCUT2D eigenvalue weighted by Gasteiger charge is -2.08. The zero-order chi connectivity index (χ0) is 14.2. The van der Waals surface area contributed by atoms with E-state index in [-0.39, 0.29) is 0 Å². The highest BCUT2D eigenvalue weighted by Crippen LogP contribution is 2.15. The van der Waals surface area contributed by atoms with Crippen LogP contribution in [0.15, 0.2) is 42.6 Å². The van der Waals surface area contributed by atoms with E-state index >= 15 is 0 Å². The van der Waals surface area contributed by atoms with Crippen molar-refractivity contribution in [1.82, 2.24) is 4.98 Å². The first-order valence-corrected chi connectivity index (χ1v) is 6.63. The van der Waals surface area contributed by atoms with Crippen LogP contribution in [0.1, 0.15) is 24.5 Å². The van der Waals surface area contributed by atoms with Crippen LogP contribution >= 0.6 is 0 Å². The van der Waals surface area contributed by atoms with Crippen LogP contribution < -0.4 is 10.1 Å². The molecule has 0 unspecified atom stereocenters. The summed E-state index contributed by atoms with van der Waals surface area (Å²) < 4.78 is 5.69. The SMILES string of the molecule is CCCNc1cc(COc2cccc(C#N)c2)ccn1. The summed E-state index contributed by atoms with van der Waals surface area (Å²) in [4.78, 5) is 4.25. The minimum absolute atomic E-state index is 0.457. The van der Waals surface area contributed by atoms with Crippen molar-refractivity contribution < 1.29 is 4.74 Å². The van der Waals surface area contributed by atoms with Gasteiger partial charge < -0.3 is 10.1 Å². The topological polar surface area (TPSA) is 57.9 Å². The highest BCUT2D eigenvalue weighted by molar-refractivity contribution is 5.38. The molecular formula is C16H17N3O. The molecule has 0 saturated heterocycles. The number of nitrogens with one attached hydrogen (secondary N) is 1. The standard InChI is InChI=1S/C16H17N3O/c1-2-7-18-16-10-14(6-8-19-16)12-20-15-5-3-4-13(9-15)11-17/h3-6,8-10H,2,7,12H2,1H3,(H,18,19). The molecule has 1 aromatic heterocycles. The van der Waals surface area contributed by atoms with Crippen molar-refractivity contribution >= 4 is 5.82 Å². The van der Waals surface area contributed by atoms with Crippen LogP contribution in [-0.4, -0.2) is 11.5 Å². The van der Waals surface area contributed by atoms with Gasteiger partial charge in [0.2, 0.25) is 0 Å². The molecule has 4 heteroatoms. The van der Waals surface area contributed by atoms with Crippen LogP contribution in [0.5, 0.6) is 5.75 Å². The van der Waals surface area contributed by atoms with Crippen LogP contribution in [0, 0.1) is 11.3 Å². The van der Waals surface area contributed by atoms with E-state index in [1.54, 1.807) is 18.3 Å². The molecule has 0 radical (unpaired) electrons. The summed E-state index contributed by atoms with van der Waals surface area (Å²) in [6, 6.07) is 13.1. The Hall–Kier alpha value is -2.54. The first-order chi connectivity index (χ1) is 9.81. The molecule has 0 bridgehead atoms. The molecule has 2 aromatic rings. The molecule has 0 spiro atoms. The maximum Gasteiger partial charge on any atom is 0.126 e. The van der Waals surface area contributed by atoms with Crippen molar-refractivity contribution in [3.63, 3.8) is 0 Å². The zero-order valence-electron chi connectivity index (χ0n) is 11.5. The van der Waals surface area contributed by atoms with E-state index in [4.69, 9.17) is 10.00 Å². The third-order valence-corrected chi connectivity index (χ3v) is 2.75. The molecule has 0 aliphatic carbocycles. The van der Waals surface area contributed by atoms with Gasteiger partial charge >= 0.3 is 0 Å². The Bertz CT molecular complexity index is 605. The Morgan fingerprint density at radius 1 is 1.30 bits per heavy atom. The molecule has 0 atom stereocenters. The Labute approximate surface area is 119 Å². The van der Waals surface area contributed by atoms with Crippen LogP contribution in [0.25, 0.3) is 0 Å². The largest absolute Gasteiger partial charge is 0.489 e. The van der Waals surface area contributed by atoms with Gasteiger partial charge in [-0.05, 0) is 42.3 Å². The number of pyridine rings is 1. The summed E-state index contributed by atoms with van der Waals surface area (Å²) in [7, 11) is 0. The van der Waals surface area contributed by atoms with Crippen LogP contribution in [0.2, 0.25) is 0 Å². The van der Waals surface area contributed by atoms with E-state index in [0.29, 0.717) is 17.9 Å². The second-order valence-corrected chi connectivity index (χ2v) is 4.40. The average molecular weight is 267 g/mol. The number of benzene rings is 1. The fraction of sp³-hybridized carbons (Fsp3) is 0.250. The first kappa shape index (κ1) is 13.9. The van der Waals surface area contributed by atoms with E-state index in [1.807, 2.05) is 24.3 Å². The van der Waals surface area contributed by atoms with Crippen LogP contribution in [0.3, 0.4) is 0 Å². The van der Waals surface area contributed by atoms with E-state index in [9.17, 15) is 0 Å². The minimum Gasteiger partial charge on any atom is -0.489 e. The maximum absolute atomic E-state index is 8.84. The molecule has 4 nitrogen and oxygen atoms in total. The van der Waals surface area contributed by atoms with Crippen molar-refractivity contribution in [2.75, 3.05) is 11.9 Å². The summed E-state index contributed by atoms with van der Waals surface area (Å²) in [6.07, 6.45) is 2.83. The highest BCUT2D eigenvalue weighted by Gasteiger charge is 2.00. The predicted molar refractivity (Wildman–Crippen MR) is 78.5 cm³/mol. The van der Waals surface area contributed by atoms with Crippen LogP contribution in [0.4, 0.5) is 5.82 Å². The quantitative estimate of drug-likeness (QED) is 0.872. The molecule has 2 rings (SSSR count). The number of hydrogen-bond acceptors (Lipinski definition) is 4. The fourth-order valence-corrected chi connectivity index (χ4v) is 1.74. The molecular weight excluding hydrogens is 250 g/mol. The number of aromatic nitrogens is 1. The monoisotopic (exact) mass is 267 g/mol. The number of nitrogens with zero attached hydrogens (tertiary/aromatic N) is 2. The summed E-state index contributed by atoms with van der Waals surface area (Å²) in [5.41, 5.74) is 1.64. The van der Waals surface area contributed by atoms with Gasteiger partial charge in [0.15, 0.2) is 0 Å². The number of hydrogen-bond donors (Lipinski definition) is 1. The molecule has 1 heterocycles. The first-order valence-electron chi connectivity index (χ1n) is 6.63. The zero-order valence-corrected chi connectivity index (χ0v) is 11.5. The molecule has 1 aromatic carbocycles. The Morgan fingerprint density at radius 2 is 2.20 bits per heavy atom. The molecule has 102 valence electrons. The summed E-state index contributed by atoms with van der Waals surface area (Å²) in [6.45, 7) is 3.47. The predicted octanol–water partition coefficient (Wildman–Crippen LogP) is 3.35. The van der Waals surface area contributed by atoms with Gasteiger partial charge in [-0.25, -0.2) is 4.98 Å². The molecule has 0 fully saturated rings. The van der Waals surface area contributed by atoms with E-state index in [0.717, 1.165) is 24.3 Å². The third-order valence-electron chi connectivity index (χ3n) is 2.75. The van der Waals surface area contributed by atoms with E-state index < -0.39 is 0 Å². The minimum atomic E-state index is 0.457. The Kier molecular flexibility index (Phi) is 4.96. The lowest BCUT2D eigenvalue weighted by molar-refractivity contribution is 0.306. The van der Waals surface area contributed by atoms with Gasteiger partial charge in [-0.15, -0.1) is 0 Å². The van der Waals surface area contributed by atoms with Gasteiger partial charge in [0.1, 0.15) is 18.2 Å². The number of ether oxygens (including phenoxy) is 1. The molecule has 0 saturated carbocycles. The lowest BCUT2D eigenvalue weighted by atomic mass is 10.2. The lowest BCUT2D eigenvalue weighted by Crippen LogP contribution is -2.03. The average Bonchev–Trinajstić information content (AvgIpc) is 2.51. The Balaban J connectivity index is 1.98. The van der Waals surface area contributed by atoms with Crippen molar-refractivity contribution in [3.05, 3.63) is 53.7 Å². The number of rotatable bonds is 6. The summed E-state index contributed by atoms with van der Waals surface area (Å²) >= 11 is 0. The van der Waals surface area contributed by atoms with Gasteiger partial charge in [-0.1, -0.05) is 13.0 Å². The van der Waals surface area contributed by atoms with E-state index in [2.05, 4.69) is 23.3 Å². The van der Waals surface area contributed by atoms with Crippen molar-refractivity contribution in [2.24, 2.45) is 0 Å².